The van der Waals surface area contributed by atoms with Crippen molar-refractivity contribution >= 4 is 0 Å². The van der Waals surface area contributed by atoms with E-state index < -0.39 is 11.7 Å². The molecule has 0 amide bonds. The van der Waals surface area contributed by atoms with Crippen LogP contribution in [0.5, 0.6) is 0 Å². The van der Waals surface area contributed by atoms with E-state index in [4.69, 9.17) is 4.42 Å². The molecular weight excluding hydrogens is 437 g/mol. The van der Waals surface area contributed by atoms with E-state index in [-0.39, 0.29) is 11.3 Å². The number of benzene rings is 3. The molecule has 0 saturated carbocycles. The molecule has 0 unspecified atom stereocenters. The lowest BCUT2D eigenvalue weighted by Crippen LogP contribution is -2.20. The summed E-state index contributed by atoms with van der Waals surface area (Å²) in [6, 6.07) is 24.0. The van der Waals surface area contributed by atoms with E-state index in [0.717, 1.165) is 23.3 Å². The quantitative estimate of drug-likeness (QED) is 0.295. The minimum atomic E-state index is -4.44. The maximum absolute atomic E-state index is 13.9. The number of hydrogen-bond acceptors (Lipinski definition) is 2. The molecule has 174 valence electrons. The van der Waals surface area contributed by atoms with Gasteiger partial charge in [-0.15, -0.1) is 0 Å². The fraction of sp³-hybridized carbons (Fsp3) is 0.207. The molecule has 5 heteroatoms. The normalized spacial score (nSPS) is 11.7. The third kappa shape index (κ3) is 5.14. The first kappa shape index (κ1) is 23.6. The molecule has 0 fully saturated rings. The van der Waals surface area contributed by atoms with Gasteiger partial charge in [-0.3, -0.25) is 4.79 Å². The molecule has 4 rings (SSSR count). The van der Waals surface area contributed by atoms with Crippen LogP contribution in [0.3, 0.4) is 0 Å². The minimum absolute atomic E-state index is 0.0783. The van der Waals surface area contributed by atoms with Crippen LogP contribution >= 0.6 is 0 Å². The van der Waals surface area contributed by atoms with E-state index in [1.807, 2.05) is 74.5 Å². The first-order valence-corrected chi connectivity index (χ1v) is 11.2. The summed E-state index contributed by atoms with van der Waals surface area (Å²) in [5.41, 5.74) is 2.52. The van der Waals surface area contributed by atoms with Gasteiger partial charge in [0.05, 0.1) is 5.56 Å². The van der Waals surface area contributed by atoms with Gasteiger partial charge in [-0.05, 0) is 23.3 Å². The van der Waals surface area contributed by atoms with E-state index in [1.54, 1.807) is 0 Å². The number of rotatable bonds is 6. The summed E-state index contributed by atoms with van der Waals surface area (Å²) in [6.45, 7) is 3.89. The lowest BCUT2D eigenvalue weighted by Gasteiger charge is -2.18. The molecule has 0 aliphatic heterocycles. The van der Waals surface area contributed by atoms with Crippen molar-refractivity contribution < 1.29 is 17.6 Å². The average molecular weight is 463 g/mol. The van der Waals surface area contributed by atoms with Gasteiger partial charge in [0.25, 0.3) is 0 Å². The molecule has 0 aliphatic rings. The van der Waals surface area contributed by atoms with Crippen LogP contribution in [0.1, 0.15) is 53.3 Å². The number of alkyl halides is 3. The van der Waals surface area contributed by atoms with Crippen LogP contribution in [0.25, 0.3) is 11.3 Å². The fourth-order valence-corrected chi connectivity index (χ4v) is 4.07. The SMILES string of the molecule is CC(C)c1oc(-c2ccc(C(F)(F)F)cc2)c(Cc2ccccc2)c(=O)c1Cc1ccccc1. The van der Waals surface area contributed by atoms with Crippen LogP contribution in [-0.2, 0) is 19.0 Å². The first-order valence-electron chi connectivity index (χ1n) is 11.2. The highest BCUT2D eigenvalue weighted by Gasteiger charge is 2.30. The summed E-state index contributed by atoms with van der Waals surface area (Å²) < 4.78 is 45.7. The third-order valence-corrected chi connectivity index (χ3v) is 5.78. The molecule has 4 aromatic rings. The molecule has 1 heterocycles. The Kier molecular flexibility index (Phi) is 6.73. The van der Waals surface area contributed by atoms with Crippen molar-refractivity contribution in [3.05, 3.63) is 129 Å². The topological polar surface area (TPSA) is 30.2 Å². The smallest absolute Gasteiger partial charge is 0.416 e. The zero-order valence-corrected chi connectivity index (χ0v) is 19.0. The zero-order chi connectivity index (χ0) is 24.3. The Bertz CT molecular complexity index is 1300. The molecule has 0 radical (unpaired) electrons. The average Bonchev–Trinajstić information content (AvgIpc) is 2.82. The molecule has 0 N–H and O–H groups in total. The molecule has 0 atom stereocenters. The molecular formula is C29H25F3O2. The van der Waals surface area contributed by atoms with Gasteiger partial charge in [-0.25, -0.2) is 0 Å². The van der Waals surface area contributed by atoms with Gasteiger partial charge in [0, 0.05) is 35.4 Å². The Morgan fingerprint density at radius 2 is 1.24 bits per heavy atom. The monoisotopic (exact) mass is 462 g/mol. The second-order valence-electron chi connectivity index (χ2n) is 8.64. The highest BCUT2D eigenvalue weighted by molar-refractivity contribution is 5.63. The van der Waals surface area contributed by atoms with E-state index in [9.17, 15) is 18.0 Å². The highest BCUT2D eigenvalue weighted by Crippen LogP contribution is 2.34. The van der Waals surface area contributed by atoms with Gasteiger partial charge < -0.3 is 4.42 Å². The lowest BCUT2D eigenvalue weighted by atomic mass is 9.92. The number of halogens is 3. The predicted octanol–water partition coefficient (Wildman–Crippen LogP) is 7.63. The van der Waals surface area contributed by atoms with Gasteiger partial charge in [-0.1, -0.05) is 86.6 Å². The Balaban J connectivity index is 1.91. The van der Waals surface area contributed by atoms with Crippen LogP contribution in [0.15, 0.2) is 94.1 Å². The molecule has 34 heavy (non-hydrogen) atoms. The van der Waals surface area contributed by atoms with Crippen LogP contribution in [0.2, 0.25) is 0 Å². The summed E-state index contributed by atoms with van der Waals surface area (Å²) >= 11 is 0. The molecule has 0 spiro atoms. The lowest BCUT2D eigenvalue weighted by molar-refractivity contribution is -0.137. The van der Waals surface area contributed by atoms with Crippen molar-refractivity contribution in [1.29, 1.82) is 0 Å². The van der Waals surface area contributed by atoms with E-state index in [2.05, 4.69) is 0 Å². The van der Waals surface area contributed by atoms with Crippen molar-refractivity contribution in [2.24, 2.45) is 0 Å². The Labute approximate surface area is 196 Å². The molecule has 0 bridgehead atoms. The van der Waals surface area contributed by atoms with Crippen molar-refractivity contribution in [2.45, 2.75) is 38.8 Å². The molecule has 1 aromatic heterocycles. The Morgan fingerprint density at radius 1 is 0.735 bits per heavy atom. The maximum Gasteiger partial charge on any atom is 0.416 e. The molecule has 0 aliphatic carbocycles. The van der Waals surface area contributed by atoms with E-state index in [1.165, 1.54) is 12.1 Å². The van der Waals surface area contributed by atoms with Crippen molar-refractivity contribution in [2.75, 3.05) is 0 Å². The zero-order valence-electron chi connectivity index (χ0n) is 19.0. The minimum Gasteiger partial charge on any atom is -0.460 e. The first-order chi connectivity index (χ1) is 16.2. The largest absolute Gasteiger partial charge is 0.460 e. The third-order valence-electron chi connectivity index (χ3n) is 5.78. The second-order valence-corrected chi connectivity index (χ2v) is 8.64. The molecule has 3 aromatic carbocycles. The van der Waals surface area contributed by atoms with Crippen molar-refractivity contribution in [1.82, 2.24) is 0 Å². The van der Waals surface area contributed by atoms with Gasteiger partial charge in [0.15, 0.2) is 5.43 Å². The van der Waals surface area contributed by atoms with Crippen LogP contribution in [0, 0.1) is 0 Å². The van der Waals surface area contributed by atoms with Crippen molar-refractivity contribution in [3.63, 3.8) is 0 Å². The standard InChI is InChI=1S/C29H25F3O2/c1-19(2)27-24(17-20-9-5-3-6-10-20)26(33)25(18-21-11-7-4-8-12-21)28(34-27)22-13-15-23(16-14-22)29(30,31)32/h3-16,19H,17-18H2,1-2H3. The molecule has 0 saturated heterocycles. The Hall–Kier alpha value is -3.60. The van der Waals surface area contributed by atoms with Crippen LogP contribution in [-0.4, -0.2) is 0 Å². The Morgan fingerprint density at radius 3 is 1.71 bits per heavy atom. The van der Waals surface area contributed by atoms with Gasteiger partial charge in [0.1, 0.15) is 11.5 Å². The molecule has 2 nitrogen and oxygen atoms in total. The van der Waals surface area contributed by atoms with Crippen molar-refractivity contribution in [3.8, 4) is 11.3 Å². The maximum atomic E-state index is 13.9. The summed E-state index contributed by atoms with van der Waals surface area (Å²) in [7, 11) is 0. The van der Waals surface area contributed by atoms with Gasteiger partial charge in [-0.2, -0.15) is 13.2 Å². The van der Waals surface area contributed by atoms with Crippen LogP contribution < -0.4 is 5.43 Å². The van der Waals surface area contributed by atoms with Gasteiger partial charge >= 0.3 is 6.18 Å². The number of hydrogen-bond donors (Lipinski definition) is 0. The van der Waals surface area contributed by atoms with E-state index in [0.29, 0.717) is 41.1 Å². The summed E-state index contributed by atoms with van der Waals surface area (Å²) in [4.78, 5) is 13.9. The fourth-order valence-electron chi connectivity index (χ4n) is 4.07. The van der Waals surface area contributed by atoms with Gasteiger partial charge in [0.2, 0.25) is 0 Å². The van der Waals surface area contributed by atoms with E-state index >= 15 is 0 Å². The highest BCUT2D eigenvalue weighted by atomic mass is 19.4. The summed E-state index contributed by atoms with van der Waals surface area (Å²) in [6.07, 6.45) is -3.69. The van der Waals surface area contributed by atoms with Crippen LogP contribution in [0.4, 0.5) is 13.2 Å². The summed E-state index contributed by atoms with van der Waals surface area (Å²) in [5.74, 6) is 0.800. The second kappa shape index (κ2) is 9.72. The predicted molar refractivity (Wildman–Crippen MR) is 128 cm³/mol. The summed E-state index contributed by atoms with van der Waals surface area (Å²) in [5, 5.41) is 0.